The summed E-state index contributed by atoms with van der Waals surface area (Å²) in [6.45, 7) is 0. The molecule has 206 valence electrons. The molecular weight excluding hydrogens is 528 g/mol. The molecular formula is C44H30. The van der Waals surface area contributed by atoms with Crippen LogP contribution in [0.2, 0.25) is 0 Å². The first kappa shape index (κ1) is 25.1. The van der Waals surface area contributed by atoms with Gasteiger partial charge in [-0.3, -0.25) is 0 Å². The molecule has 0 amide bonds. The van der Waals surface area contributed by atoms with Gasteiger partial charge in [0.25, 0.3) is 0 Å². The van der Waals surface area contributed by atoms with Crippen LogP contribution in [0.1, 0.15) is 33.7 Å². The van der Waals surface area contributed by atoms with Crippen molar-refractivity contribution in [1.82, 2.24) is 0 Å². The van der Waals surface area contributed by atoms with Crippen molar-refractivity contribution >= 4 is 0 Å². The minimum absolute atomic E-state index is 0.213. The highest BCUT2D eigenvalue weighted by atomic mass is 14.3. The molecule has 1 unspecified atom stereocenters. The third kappa shape index (κ3) is 3.99. The van der Waals surface area contributed by atoms with E-state index in [1.54, 1.807) is 0 Å². The highest BCUT2D eigenvalue weighted by Crippen LogP contribution is 2.50. The second-order valence-corrected chi connectivity index (χ2v) is 12.1. The lowest BCUT2D eigenvalue weighted by atomic mass is 9.87. The van der Waals surface area contributed by atoms with Gasteiger partial charge in [0.1, 0.15) is 0 Å². The fraction of sp³-hybridized carbons (Fsp3) is 0.0455. The largest absolute Gasteiger partial charge is 0.0622 e. The molecule has 0 fully saturated rings. The Balaban J connectivity index is 1.11. The summed E-state index contributed by atoms with van der Waals surface area (Å²) >= 11 is 0. The maximum absolute atomic E-state index is 2.44. The van der Waals surface area contributed by atoms with E-state index in [9.17, 15) is 0 Å². The zero-order chi connectivity index (χ0) is 29.0. The predicted molar refractivity (Wildman–Crippen MR) is 184 cm³/mol. The topological polar surface area (TPSA) is 0 Å². The number of hydrogen-bond acceptors (Lipinski definition) is 0. The normalized spacial score (nSPS) is 14.0. The van der Waals surface area contributed by atoms with Gasteiger partial charge in [-0.1, -0.05) is 158 Å². The van der Waals surface area contributed by atoms with Gasteiger partial charge in [-0.25, -0.2) is 0 Å². The van der Waals surface area contributed by atoms with Gasteiger partial charge in [0.15, 0.2) is 0 Å². The van der Waals surface area contributed by atoms with Gasteiger partial charge in [-0.05, 0) is 95.9 Å². The molecule has 9 rings (SSSR count). The van der Waals surface area contributed by atoms with Crippen molar-refractivity contribution in [3.63, 3.8) is 0 Å². The Morgan fingerprint density at radius 2 is 0.932 bits per heavy atom. The lowest BCUT2D eigenvalue weighted by Gasteiger charge is -2.17. The average Bonchev–Trinajstić information content (AvgIpc) is 3.64. The van der Waals surface area contributed by atoms with Crippen LogP contribution < -0.4 is 0 Å². The van der Waals surface area contributed by atoms with Gasteiger partial charge in [-0.15, -0.1) is 0 Å². The summed E-state index contributed by atoms with van der Waals surface area (Å²) in [6, 6.07) is 60.5. The lowest BCUT2D eigenvalue weighted by molar-refractivity contribution is 1.02. The summed E-state index contributed by atoms with van der Waals surface area (Å²) < 4.78 is 0. The van der Waals surface area contributed by atoms with Crippen molar-refractivity contribution in [2.45, 2.75) is 12.3 Å². The van der Waals surface area contributed by atoms with Crippen molar-refractivity contribution in [3.8, 4) is 55.6 Å². The molecule has 0 N–H and O–H groups in total. The van der Waals surface area contributed by atoms with E-state index in [0.717, 1.165) is 6.42 Å². The van der Waals surface area contributed by atoms with Gasteiger partial charge in [-0.2, -0.15) is 0 Å². The third-order valence-electron chi connectivity index (χ3n) is 9.63. The second kappa shape index (κ2) is 10.1. The van der Waals surface area contributed by atoms with E-state index in [1.165, 1.54) is 83.5 Å². The fourth-order valence-corrected chi connectivity index (χ4v) is 7.54. The van der Waals surface area contributed by atoms with Crippen LogP contribution >= 0.6 is 0 Å². The number of benzene rings is 7. The summed E-state index contributed by atoms with van der Waals surface area (Å²) in [7, 11) is 0. The molecule has 0 saturated carbocycles. The van der Waals surface area contributed by atoms with Crippen LogP contribution in [0.15, 0.2) is 164 Å². The zero-order valence-electron chi connectivity index (χ0n) is 24.4. The molecule has 2 aliphatic carbocycles. The van der Waals surface area contributed by atoms with E-state index < -0.39 is 0 Å². The Morgan fingerprint density at radius 3 is 1.80 bits per heavy atom. The Morgan fingerprint density at radius 1 is 0.341 bits per heavy atom. The highest BCUT2D eigenvalue weighted by Gasteiger charge is 2.31. The second-order valence-electron chi connectivity index (χ2n) is 12.1. The van der Waals surface area contributed by atoms with Gasteiger partial charge >= 0.3 is 0 Å². The van der Waals surface area contributed by atoms with Gasteiger partial charge in [0.05, 0.1) is 0 Å². The average molecular weight is 559 g/mol. The molecule has 0 saturated heterocycles. The summed E-state index contributed by atoms with van der Waals surface area (Å²) in [5, 5.41) is 0. The van der Waals surface area contributed by atoms with Crippen LogP contribution in [-0.4, -0.2) is 0 Å². The van der Waals surface area contributed by atoms with Crippen LogP contribution in [-0.2, 0) is 6.42 Å². The molecule has 1 atom stereocenters. The van der Waals surface area contributed by atoms with Gasteiger partial charge in [0.2, 0.25) is 0 Å². The van der Waals surface area contributed by atoms with Gasteiger partial charge in [0, 0.05) is 5.92 Å². The quantitative estimate of drug-likeness (QED) is 0.201. The van der Waals surface area contributed by atoms with Crippen molar-refractivity contribution in [2.24, 2.45) is 0 Å². The third-order valence-corrected chi connectivity index (χ3v) is 9.63. The molecule has 7 aromatic carbocycles. The van der Waals surface area contributed by atoms with E-state index >= 15 is 0 Å². The molecule has 2 aliphatic rings. The first-order valence-electron chi connectivity index (χ1n) is 15.5. The van der Waals surface area contributed by atoms with E-state index in [0.29, 0.717) is 0 Å². The van der Waals surface area contributed by atoms with E-state index in [2.05, 4.69) is 164 Å². The van der Waals surface area contributed by atoms with Crippen molar-refractivity contribution in [2.75, 3.05) is 0 Å². The maximum atomic E-state index is 2.44. The maximum Gasteiger partial charge on any atom is 0.0352 e. The Hall–Kier alpha value is -5.46. The first-order valence-corrected chi connectivity index (χ1v) is 15.5. The van der Waals surface area contributed by atoms with Gasteiger partial charge < -0.3 is 0 Å². The Labute approximate surface area is 258 Å². The lowest BCUT2D eigenvalue weighted by Crippen LogP contribution is -1.99. The minimum atomic E-state index is 0.213. The molecule has 0 nitrogen and oxygen atoms in total. The minimum Gasteiger partial charge on any atom is -0.0622 e. The summed E-state index contributed by atoms with van der Waals surface area (Å²) in [5.41, 5.74) is 20.1. The predicted octanol–water partition coefficient (Wildman–Crippen LogP) is 11.4. The van der Waals surface area contributed by atoms with Crippen molar-refractivity contribution in [1.29, 1.82) is 0 Å². The molecule has 0 heteroatoms. The first-order chi connectivity index (χ1) is 21.8. The van der Waals surface area contributed by atoms with Crippen LogP contribution in [0.5, 0.6) is 0 Å². The Bertz CT molecular complexity index is 2180. The zero-order valence-corrected chi connectivity index (χ0v) is 24.4. The van der Waals surface area contributed by atoms with Crippen LogP contribution in [0, 0.1) is 0 Å². The number of fused-ring (bicyclic) bond motifs is 6. The molecule has 44 heavy (non-hydrogen) atoms. The van der Waals surface area contributed by atoms with Crippen molar-refractivity contribution < 1.29 is 0 Å². The highest BCUT2D eigenvalue weighted by molar-refractivity contribution is 5.89. The van der Waals surface area contributed by atoms with Crippen molar-refractivity contribution in [3.05, 3.63) is 192 Å². The monoisotopic (exact) mass is 558 g/mol. The fourth-order valence-electron chi connectivity index (χ4n) is 7.54. The molecule has 0 radical (unpaired) electrons. The molecule has 0 aromatic heterocycles. The molecule has 0 bridgehead atoms. The Kier molecular flexibility index (Phi) is 5.74. The summed E-state index contributed by atoms with van der Waals surface area (Å²) in [5.74, 6) is 0.213. The molecule has 7 aromatic rings. The number of rotatable bonds is 4. The van der Waals surface area contributed by atoms with E-state index in [1.807, 2.05) is 0 Å². The van der Waals surface area contributed by atoms with Crippen LogP contribution in [0.4, 0.5) is 0 Å². The molecule has 0 heterocycles. The molecule has 0 spiro atoms. The van der Waals surface area contributed by atoms with Crippen LogP contribution in [0.25, 0.3) is 55.6 Å². The molecule has 0 aliphatic heterocycles. The summed E-state index contributed by atoms with van der Waals surface area (Å²) in [6.07, 6.45) is 0.997. The van der Waals surface area contributed by atoms with E-state index in [4.69, 9.17) is 0 Å². The summed E-state index contributed by atoms with van der Waals surface area (Å²) in [4.78, 5) is 0. The van der Waals surface area contributed by atoms with Crippen LogP contribution in [0.3, 0.4) is 0 Å². The number of hydrogen-bond donors (Lipinski definition) is 0. The standard InChI is InChI=1S/C44H30/c1-2-10-29(11-3-1)30-20-22-31(23-21-30)32-13-8-14-35(26-32)44-40-17-7-6-16-39(40)43-28-34(24-25-41(43)44)37-18-9-19-38-36-15-5-4-12-33(36)27-42(37)38/h1-26,28,44H,27H2. The van der Waals surface area contributed by atoms with E-state index in [-0.39, 0.29) is 5.92 Å². The SMILES string of the molecule is c1ccc(-c2ccc(-c3cccc(C4c5ccccc5-c5cc(-c6cccc7c6Cc6ccccc6-7)ccc54)c3)cc2)cc1. The smallest absolute Gasteiger partial charge is 0.0352 e.